The molecule has 0 saturated heterocycles. The molecule has 0 saturated carbocycles. The summed E-state index contributed by atoms with van der Waals surface area (Å²) in [6.07, 6.45) is 0. The van der Waals surface area contributed by atoms with Crippen LogP contribution in [0.3, 0.4) is 0 Å². The van der Waals surface area contributed by atoms with Crippen LogP contribution in [0.15, 0.2) is 53.1 Å². The Morgan fingerprint density at radius 3 is 2.13 bits per heavy atom. The van der Waals surface area contributed by atoms with Gasteiger partial charge in [0, 0.05) is 11.6 Å². The summed E-state index contributed by atoms with van der Waals surface area (Å²) in [4.78, 5) is 12.6. The first-order chi connectivity index (χ1) is 14.7. The summed E-state index contributed by atoms with van der Waals surface area (Å²) >= 11 is 0. The van der Waals surface area contributed by atoms with E-state index in [0.717, 1.165) is 5.56 Å². The molecule has 0 fully saturated rings. The number of hydrogen-bond acceptors (Lipinski definition) is 7. The second kappa shape index (κ2) is 10.3. The van der Waals surface area contributed by atoms with Crippen molar-refractivity contribution in [1.82, 2.24) is 5.16 Å². The predicted octanol–water partition coefficient (Wildman–Crippen LogP) is 4.89. The topological polar surface area (TPSA) is 80.0 Å². The van der Waals surface area contributed by atoms with Gasteiger partial charge in [-0.2, -0.15) is 0 Å². The molecule has 7 nitrogen and oxygen atoms in total. The smallest absolute Gasteiger partial charge is 0.338 e. The van der Waals surface area contributed by atoms with Gasteiger partial charge in [-0.15, -0.1) is 0 Å². The van der Waals surface area contributed by atoms with E-state index in [4.69, 9.17) is 23.5 Å². The minimum atomic E-state index is -0.524. The average molecular weight is 411 g/mol. The van der Waals surface area contributed by atoms with Gasteiger partial charge >= 0.3 is 5.97 Å². The van der Waals surface area contributed by atoms with Gasteiger partial charge in [0.2, 0.25) is 5.75 Å². The van der Waals surface area contributed by atoms with Crippen molar-refractivity contribution in [2.75, 3.05) is 19.8 Å². The van der Waals surface area contributed by atoms with E-state index in [-0.39, 0.29) is 6.61 Å². The first-order valence-corrected chi connectivity index (χ1v) is 9.90. The molecule has 1 aromatic heterocycles. The van der Waals surface area contributed by atoms with Gasteiger partial charge in [0.05, 0.1) is 25.4 Å². The number of esters is 1. The molecule has 0 radical (unpaired) electrons. The third-order valence-electron chi connectivity index (χ3n) is 4.11. The van der Waals surface area contributed by atoms with E-state index >= 15 is 0 Å². The number of benzene rings is 2. The lowest BCUT2D eigenvalue weighted by molar-refractivity contribution is 0.0463. The fourth-order valence-corrected chi connectivity index (χ4v) is 2.85. The summed E-state index contributed by atoms with van der Waals surface area (Å²) < 4.78 is 27.7. The van der Waals surface area contributed by atoms with Crippen molar-refractivity contribution < 1.29 is 28.3 Å². The van der Waals surface area contributed by atoms with Crippen LogP contribution in [0.1, 0.15) is 36.8 Å². The largest absolute Gasteiger partial charge is 0.490 e. The van der Waals surface area contributed by atoms with E-state index in [1.165, 1.54) is 0 Å². The molecule has 30 heavy (non-hydrogen) atoms. The molecular weight excluding hydrogens is 386 g/mol. The van der Waals surface area contributed by atoms with Gasteiger partial charge in [0.1, 0.15) is 12.3 Å². The van der Waals surface area contributed by atoms with E-state index in [0.29, 0.717) is 54.1 Å². The van der Waals surface area contributed by atoms with E-state index in [1.807, 2.05) is 51.1 Å². The number of rotatable bonds is 10. The molecule has 1 heterocycles. The Hall–Kier alpha value is -3.48. The fraction of sp³-hybridized carbons (Fsp3) is 0.304. The lowest BCUT2D eigenvalue weighted by Gasteiger charge is -2.16. The lowest BCUT2D eigenvalue weighted by Crippen LogP contribution is -2.09. The Morgan fingerprint density at radius 2 is 1.53 bits per heavy atom. The minimum absolute atomic E-state index is 0.0175. The normalized spacial score (nSPS) is 10.5. The predicted molar refractivity (Wildman–Crippen MR) is 111 cm³/mol. The van der Waals surface area contributed by atoms with Crippen LogP contribution < -0.4 is 14.2 Å². The molecular formula is C23H25NO6. The van der Waals surface area contributed by atoms with Crippen molar-refractivity contribution in [1.29, 1.82) is 0 Å². The van der Waals surface area contributed by atoms with E-state index < -0.39 is 5.97 Å². The van der Waals surface area contributed by atoms with E-state index in [2.05, 4.69) is 5.16 Å². The molecule has 0 bridgehead atoms. The van der Waals surface area contributed by atoms with Crippen LogP contribution >= 0.6 is 0 Å². The number of nitrogens with zero attached hydrogens (tertiary/aromatic N) is 1. The Bertz CT molecular complexity index is 940. The van der Waals surface area contributed by atoms with Crippen molar-refractivity contribution in [3.63, 3.8) is 0 Å². The second-order valence-corrected chi connectivity index (χ2v) is 6.23. The number of ether oxygens (including phenoxy) is 4. The first-order valence-electron chi connectivity index (χ1n) is 9.90. The highest BCUT2D eigenvalue weighted by Gasteiger charge is 2.19. The standard InChI is InChI=1S/C23H25NO6/c1-4-26-20-12-17(13-21(27-5-2)22(20)28-6-3)23(25)29-15-18-14-19(30-24-18)16-10-8-7-9-11-16/h7-14H,4-6,15H2,1-3H3. The monoisotopic (exact) mass is 411 g/mol. The molecule has 2 aromatic carbocycles. The van der Waals surface area contributed by atoms with Crippen molar-refractivity contribution >= 4 is 5.97 Å². The van der Waals surface area contributed by atoms with Crippen LogP contribution in [0.25, 0.3) is 11.3 Å². The Kier molecular flexibility index (Phi) is 7.32. The van der Waals surface area contributed by atoms with Crippen molar-refractivity contribution in [3.05, 3.63) is 59.8 Å². The summed E-state index contributed by atoms with van der Waals surface area (Å²) in [6, 6.07) is 14.5. The number of aromatic nitrogens is 1. The fourth-order valence-electron chi connectivity index (χ4n) is 2.85. The van der Waals surface area contributed by atoms with Crippen LogP contribution in [0.2, 0.25) is 0 Å². The quantitative estimate of drug-likeness (QED) is 0.439. The van der Waals surface area contributed by atoms with E-state index in [1.54, 1.807) is 18.2 Å². The van der Waals surface area contributed by atoms with Gasteiger partial charge in [-0.25, -0.2) is 4.79 Å². The van der Waals surface area contributed by atoms with E-state index in [9.17, 15) is 4.79 Å². The third-order valence-corrected chi connectivity index (χ3v) is 4.11. The SMILES string of the molecule is CCOc1cc(C(=O)OCc2cc(-c3ccccc3)on2)cc(OCC)c1OCC. The summed E-state index contributed by atoms with van der Waals surface area (Å²) in [5.74, 6) is 1.43. The van der Waals surface area contributed by atoms with Gasteiger partial charge in [0.15, 0.2) is 17.3 Å². The molecule has 0 amide bonds. The van der Waals surface area contributed by atoms with Crippen molar-refractivity contribution in [2.24, 2.45) is 0 Å². The highest BCUT2D eigenvalue weighted by atomic mass is 16.5. The molecule has 3 rings (SSSR count). The maximum Gasteiger partial charge on any atom is 0.338 e. The lowest BCUT2D eigenvalue weighted by atomic mass is 10.1. The molecule has 158 valence electrons. The molecule has 0 aliphatic rings. The van der Waals surface area contributed by atoms with Gasteiger partial charge < -0.3 is 23.5 Å². The maximum atomic E-state index is 12.6. The highest BCUT2D eigenvalue weighted by Crippen LogP contribution is 2.39. The third kappa shape index (κ3) is 5.11. The van der Waals surface area contributed by atoms with Crippen LogP contribution in [0, 0.1) is 0 Å². The average Bonchev–Trinajstić information content (AvgIpc) is 3.24. The molecule has 0 aliphatic carbocycles. The Labute approximate surface area is 175 Å². The van der Waals surface area contributed by atoms with Crippen LogP contribution in [0.5, 0.6) is 17.2 Å². The molecule has 0 unspecified atom stereocenters. The Balaban J connectivity index is 1.75. The van der Waals surface area contributed by atoms with Crippen LogP contribution in [-0.4, -0.2) is 30.9 Å². The molecule has 3 aromatic rings. The van der Waals surface area contributed by atoms with Gasteiger partial charge in [0.25, 0.3) is 0 Å². The summed E-state index contributed by atoms with van der Waals surface area (Å²) in [6.45, 7) is 6.86. The minimum Gasteiger partial charge on any atom is -0.490 e. The van der Waals surface area contributed by atoms with Gasteiger partial charge in [-0.1, -0.05) is 35.5 Å². The van der Waals surface area contributed by atoms with Crippen LogP contribution in [0.4, 0.5) is 0 Å². The zero-order chi connectivity index (χ0) is 21.3. The van der Waals surface area contributed by atoms with Gasteiger partial charge in [-0.05, 0) is 32.9 Å². The van der Waals surface area contributed by atoms with Crippen molar-refractivity contribution in [2.45, 2.75) is 27.4 Å². The molecule has 0 spiro atoms. The second-order valence-electron chi connectivity index (χ2n) is 6.23. The summed E-state index contributed by atoms with van der Waals surface area (Å²) in [5, 5.41) is 3.97. The zero-order valence-electron chi connectivity index (χ0n) is 17.3. The first kappa shape index (κ1) is 21.2. The molecule has 0 atom stereocenters. The molecule has 7 heteroatoms. The molecule has 0 N–H and O–H groups in total. The highest BCUT2D eigenvalue weighted by molar-refractivity contribution is 5.91. The zero-order valence-corrected chi connectivity index (χ0v) is 17.3. The number of hydrogen-bond donors (Lipinski definition) is 0. The van der Waals surface area contributed by atoms with Gasteiger partial charge in [-0.3, -0.25) is 0 Å². The maximum absolute atomic E-state index is 12.6. The van der Waals surface area contributed by atoms with Crippen LogP contribution in [-0.2, 0) is 11.3 Å². The number of carbonyl (C=O) groups is 1. The summed E-state index contributed by atoms with van der Waals surface area (Å²) in [5.41, 5.74) is 1.72. The summed E-state index contributed by atoms with van der Waals surface area (Å²) in [7, 11) is 0. The van der Waals surface area contributed by atoms with Crippen molar-refractivity contribution in [3.8, 4) is 28.6 Å². The molecule has 0 aliphatic heterocycles. The Morgan fingerprint density at radius 1 is 0.900 bits per heavy atom. The number of carbonyl (C=O) groups excluding carboxylic acids is 1.